The molecule has 0 saturated carbocycles. The molecule has 2 fully saturated rings. The number of amides is 2. The SMILES string of the molecule is CC(C)Oc1cccc(C(O)(C(=O)N2CCC(C)(CC3CCN(c4ccc(C(=O)N(C)C)c(Cl)n4)CC3)CC2)C(F)(F)F)c1. The molecule has 0 spiro atoms. The first-order valence-corrected chi connectivity index (χ1v) is 15.4. The molecule has 12 heteroatoms. The van der Waals surface area contributed by atoms with E-state index in [1.165, 1.54) is 17.0 Å². The Morgan fingerprint density at radius 1 is 1.11 bits per heavy atom. The maximum absolute atomic E-state index is 14.3. The summed E-state index contributed by atoms with van der Waals surface area (Å²) in [5, 5.41) is 11.2. The topological polar surface area (TPSA) is 86.2 Å². The van der Waals surface area contributed by atoms with Crippen LogP contribution in [-0.2, 0) is 10.4 Å². The van der Waals surface area contributed by atoms with Crippen molar-refractivity contribution in [1.29, 1.82) is 0 Å². The lowest BCUT2D eigenvalue weighted by Crippen LogP contribution is -2.57. The summed E-state index contributed by atoms with van der Waals surface area (Å²) in [7, 11) is 3.32. The number of piperidine rings is 2. The van der Waals surface area contributed by atoms with Crippen LogP contribution in [0.1, 0.15) is 68.8 Å². The molecule has 1 N–H and O–H groups in total. The van der Waals surface area contributed by atoms with Crippen molar-refractivity contribution in [1.82, 2.24) is 14.8 Å². The fraction of sp³-hybridized carbons (Fsp3) is 0.594. The van der Waals surface area contributed by atoms with Crippen molar-refractivity contribution >= 4 is 29.2 Å². The highest BCUT2D eigenvalue weighted by Gasteiger charge is 2.62. The predicted octanol–water partition coefficient (Wildman–Crippen LogP) is 5.91. The van der Waals surface area contributed by atoms with Crippen LogP contribution in [0.15, 0.2) is 36.4 Å². The second kappa shape index (κ2) is 13.1. The lowest BCUT2D eigenvalue weighted by molar-refractivity contribution is -0.262. The van der Waals surface area contributed by atoms with Gasteiger partial charge in [-0.2, -0.15) is 13.2 Å². The number of carbonyl (C=O) groups excluding carboxylic acids is 2. The van der Waals surface area contributed by atoms with E-state index in [4.69, 9.17) is 16.3 Å². The number of rotatable bonds is 8. The molecule has 1 atom stereocenters. The van der Waals surface area contributed by atoms with E-state index in [9.17, 15) is 27.9 Å². The number of halogens is 4. The van der Waals surface area contributed by atoms with E-state index in [1.807, 2.05) is 6.07 Å². The van der Waals surface area contributed by atoms with Crippen molar-refractivity contribution in [2.75, 3.05) is 45.2 Å². The molecule has 2 aromatic rings. The van der Waals surface area contributed by atoms with Gasteiger partial charge in [0.2, 0.25) is 0 Å². The number of ether oxygens (including phenoxy) is 1. The van der Waals surface area contributed by atoms with Gasteiger partial charge in [0.15, 0.2) is 0 Å². The highest BCUT2D eigenvalue weighted by molar-refractivity contribution is 6.32. The molecule has 2 aliphatic heterocycles. The van der Waals surface area contributed by atoms with Crippen LogP contribution in [-0.4, -0.2) is 84.3 Å². The van der Waals surface area contributed by atoms with Crippen LogP contribution in [0.3, 0.4) is 0 Å². The van der Waals surface area contributed by atoms with Crippen molar-refractivity contribution in [2.24, 2.45) is 11.3 Å². The molecule has 2 aliphatic rings. The Kier molecular flexibility index (Phi) is 10.1. The number of hydrogen-bond donors (Lipinski definition) is 1. The lowest BCUT2D eigenvalue weighted by atomic mass is 9.71. The molecule has 2 amide bonds. The van der Waals surface area contributed by atoms with Gasteiger partial charge in [-0.25, -0.2) is 4.98 Å². The van der Waals surface area contributed by atoms with Gasteiger partial charge in [-0.1, -0.05) is 30.7 Å². The summed E-state index contributed by atoms with van der Waals surface area (Å²) in [4.78, 5) is 34.8. The van der Waals surface area contributed by atoms with Crippen molar-refractivity contribution in [3.8, 4) is 5.75 Å². The zero-order valence-corrected chi connectivity index (χ0v) is 26.7. The Hall–Kier alpha value is -3.05. The quantitative estimate of drug-likeness (QED) is 0.362. The van der Waals surface area contributed by atoms with Crippen molar-refractivity contribution in [3.63, 3.8) is 0 Å². The van der Waals surface area contributed by atoms with Gasteiger partial charge < -0.3 is 24.5 Å². The Bertz CT molecular complexity index is 1340. The number of pyridine rings is 1. The fourth-order valence-electron chi connectivity index (χ4n) is 6.22. The van der Waals surface area contributed by atoms with E-state index in [-0.39, 0.29) is 41.4 Å². The highest BCUT2D eigenvalue weighted by atomic mass is 35.5. The highest BCUT2D eigenvalue weighted by Crippen LogP contribution is 2.45. The molecule has 1 aromatic carbocycles. The minimum Gasteiger partial charge on any atom is -0.491 e. The number of carbonyl (C=O) groups is 2. The molecule has 44 heavy (non-hydrogen) atoms. The zero-order chi connectivity index (χ0) is 32.4. The minimum atomic E-state index is -5.21. The minimum absolute atomic E-state index is 0.134. The molecular formula is C32H42ClF3N4O4. The second-order valence-corrected chi connectivity index (χ2v) is 13.2. The van der Waals surface area contributed by atoms with Gasteiger partial charge in [-0.3, -0.25) is 9.59 Å². The van der Waals surface area contributed by atoms with Gasteiger partial charge in [0.25, 0.3) is 17.4 Å². The van der Waals surface area contributed by atoms with E-state index in [2.05, 4.69) is 16.8 Å². The molecule has 3 heterocycles. The zero-order valence-electron chi connectivity index (χ0n) is 26.0. The number of hydrogen-bond acceptors (Lipinski definition) is 6. The van der Waals surface area contributed by atoms with Gasteiger partial charge in [0.05, 0.1) is 11.7 Å². The Morgan fingerprint density at radius 2 is 1.75 bits per heavy atom. The molecule has 0 bridgehead atoms. The third-order valence-corrected chi connectivity index (χ3v) is 9.08. The van der Waals surface area contributed by atoms with Crippen molar-refractivity contribution < 1.29 is 32.6 Å². The van der Waals surface area contributed by atoms with Crippen molar-refractivity contribution in [3.05, 3.63) is 52.7 Å². The van der Waals surface area contributed by atoms with E-state index in [0.717, 1.165) is 55.2 Å². The molecule has 0 radical (unpaired) electrons. The molecule has 4 rings (SSSR count). The summed E-state index contributed by atoms with van der Waals surface area (Å²) in [5.41, 5.74) is -4.00. The van der Waals surface area contributed by atoms with Gasteiger partial charge in [0, 0.05) is 45.8 Å². The largest absolute Gasteiger partial charge is 0.491 e. The van der Waals surface area contributed by atoms with Crippen LogP contribution < -0.4 is 9.64 Å². The van der Waals surface area contributed by atoms with Crippen LogP contribution >= 0.6 is 11.6 Å². The van der Waals surface area contributed by atoms with Crippen LogP contribution in [0.5, 0.6) is 5.75 Å². The maximum Gasteiger partial charge on any atom is 0.430 e. The second-order valence-electron chi connectivity index (χ2n) is 12.8. The van der Waals surface area contributed by atoms with Gasteiger partial charge >= 0.3 is 6.18 Å². The first kappa shape index (κ1) is 33.8. The van der Waals surface area contributed by atoms with Crippen molar-refractivity contribution in [2.45, 2.75) is 70.8 Å². The van der Waals surface area contributed by atoms with Crippen LogP contribution in [0.2, 0.25) is 5.15 Å². The third kappa shape index (κ3) is 7.25. The number of aromatic nitrogens is 1. The number of benzene rings is 1. The van der Waals surface area contributed by atoms with Crippen LogP contribution in [0.25, 0.3) is 0 Å². The summed E-state index contributed by atoms with van der Waals surface area (Å²) in [6.45, 7) is 7.42. The number of alkyl halides is 3. The summed E-state index contributed by atoms with van der Waals surface area (Å²) >= 11 is 6.31. The number of anilines is 1. The smallest absolute Gasteiger partial charge is 0.430 e. The molecule has 8 nitrogen and oxygen atoms in total. The molecule has 242 valence electrons. The Labute approximate surface area is 262 Å². The average molecular weight is 639 g/mol. The first-order chi connectivity index (χ1) is 20.5. The van der Waals surface area contributed by atoms with E-state index in [0.29, 0.717) is 24.3 Å². The number of aliphatic hydroxyl groups is 1. The van der Waals surface area contributed by atoms with Crippen LogP contribution in [0, 0.1) is 11.3 Å². The summed E-state index contributed by atoms with van der Waals surface area (Å²) in [6.07, 6.45) is -1.68. The summed E-state index contributed by atoms with van der Waals surface area (Å²) < 4.78 is 48.5. The van der Waals surface area contributed by atoms with Gasteiger partial charge in [-0.05, 0) is 81.5 Å². The van der Waals surface area contributed by atoms with Gasteiger partial charge in [0.1, 0.15) is 16.7 Å². The van der Waals surface area contributed by atoms with E-state index >= 15 is 0 Å². The molecule has 0 aliphatic carbocycles. The third-order valence-electron chi connectivity index (χ3n) is 8.79. The lowest BCUT2D eigenvalue weighted by Gasteiger charge is -2.44. The summed E-state index contributed by atoms with van der Waals surface area (Å²) in [5.74, 6) is -0.269. The van der Waals surface area contributed by atoms with Gasteiger partial charge in [-0.15, -0.1) is 0 Å². The average Bonchev–Trinajstić information content (AvgIpc) is 2.96. The number of nitrogens with zero attached hydrogens (tertiary/aromatic N) is 4. The normalized spacial score (nSPS) is 19.1. The van der Waals surface area contributed by atoms with Crippen LogP contribution in [0.4, 0.5) is 19.0 Å². The first-order valence-electron chi connectivity index (χ1n) is 15.0. The molecule has 1 aromatic heterocycles. The molecular weight excluding hydrogens is 597 g/mol. The molecule has 2 saturated heterocycles. The monoisotopic (exact) mass is 638 g/mol. The Morgan fingerprint density at radius 3 is 2.30 bits per heavy atom. The molecule has 1 unspecified atom stereocenters. The predicted molar refractivity (Wildman–Crippen MR) is 163 cm³/mol. The standard InChI is InChI=1S/C32H42ClF3N4O4/c1-21(2)44-24-8-6-7-23(19-24)31(43,32(34,35)36)29(42)40-17-13-30(3,14-18-40)20-22-11-15-39(16-12-22)26-10-9-25(27(33)37-26)28(41)38(4)5/h6-10,19,21-22,43H,11-18,20H2,1-5H3. The number of likely N-dealkylation sites (tertiary alicyclic amines) is 1. The Balaban J connectivity index is 1.36. The van der Waals surface area contributed by atoms with E-state index in [1.54, 1.807) is 34.0 Å². The van der Waals surface area contributed by atoms with E-state index < -0.39 is 23.2 Å². The fourth-order valence-corrected chi connectivity index (χ4v) is 6.45. The maximum atomic E-state index is 14.3. The summed E-state index contributed by atoms with van der Waals surface area (Å²) in [6, 6.07) is 8.56.